The number of phenolic OH excluding ortho intramolecular Hbond substituents is 1. The average molecular weight is 220 g/mol. The summed E-state index contributed by atoms with van der Waals surface area (Å²) >= 11 is 0. The summed E-state index contributed by atoms with van der Waals surface area (Å²) in [5.74, 6) is -0.844. The molecular formula is C12H12O4. The molecular weight excluding hydrogens is 208 g/mol. The van der Waals surface area contributed by atoms with Crippen molar-refractivity contribution in [3.05, 3.63) is 41.5 Å². The highest BCUT2D eigenvalue weighted by Crippen LogP contribution is 2.25. The molecule has 1 aromatic rings. The number of carbonyl (C=O) groups excluding carboxylic acids is 2. The lowest BCUT2D eigenvalue weighted by Crippen LogP contribution is -2.04. The molecule has 0 aliphatic heterocycles. The Kier molecular flexibility index (Phi) is 3.83. The fourth-order valence-corrected chi connectivity index (χ4v) is 1.36. The van der Waals surface area contributed by atoms with Crippen LogP contribution in [0.4, 0.5) is 0 Å². The zero-order valence-electron chi connectivity index (χ0n) is 8.90. The zero-order chi connectivity index (χ0) is 12.1. The third kappa shape index (κ3) is 2.28. The molecule has 0 bridgehead atoms. The number of carbonyl (C=O) groups is 2. The standard InChI is InChI=1S/C12H12O4/c1-3-4-9-5-8(7-13)6-10(11(9)14)12(15)16-2/h3,5-7,14H,1,4H2,2H3. The summed E-state index contributed by atoms with van der Waals surface area (Å²) in [5.41, 5.74) is 0.777. The molecule has 84 valence electrons. The van der Waals surface area contributed by atoms with Crippen molar-refractivity contribution in [1.82, 2.24) is 0 Å². The summed E-state index contributed by atoms with van der Waals surface area (Å²) in [4.78, 5) is 22.0. The topological polar surface area (TPSA) is 63.6 Å². The molecule has 0 heterocycles. The number of phenols is 1. The molecule has 0 aromatic heterocycles. The number of ether oxygens (including phenoxy) is 1. The Morgan fingerprint density at radius 1 is 1.56 bits per heavy atom. The second kappa shape index (κ2) is 5.11. The van der Waals surface area contributed by atoms with Gasteiger partial charge in [0.2, 0.25) is 0 Å². The van der Waals surface area contributed by atoms with Crippen LogP contribution in [0.1, 0.15) is 26.3 Å². The maximum Gasteiger partial charge on any atom is 0.341 e. The number of rotatable bonds is 4. The van der Waals surface area contributed by atoms with Crippen LogP contribution in [0.3, 0.4) is 0 Å². The molecule has 0 aliphatic carbocycles. The van der Waals surface area contributed by atoms with Crippen LogP contribution in [-0.2, 0) is 11.2 Å². The molecule has 0 saturated carbocycles. The van der Waals surface area contributed by atoms with Gasteiger partial charge in [0.1, 0.15) is 17.6 Å². The molecule has 1 aromatic carbocycles. The van der Waals surface area contributed by atoms with E-state index in [0.717, 1.165) is 0 Å². The second-order valence-corrected chi connectivity index (χ2v) is 3.18. The molecule has 0 aliphatic rings. The molecule has 0 fully saturated rings. The van der Waals surface area contributed by atoms with E-state index in [-0.39, 0.29) is 11.3 Å². The molecule has 1 N–H and O–H groups in total. The molecule has 4 heteroatoms. The van der Waals surface area contributed by atoms with E-state index in [9.17, 15) is 14.7 Å². The summed E-state index contributed by atoms with van der Waals surface area (Å²) in [6.07, 6.45) is 2.56. The number of allylic oxidation sites excluding steroid dienone is 1. The van der Waals surface area contributed by atoms with Crippen molar-refractivity contribution in [2.24, 2.45) is 0 Å². The van der Waals surface area contributed by atoms with Gasteiger partial charge >= 0.3 is 5.97 Å². The molecule has 4 nitrogen and oxygen atoms in total. The number of aldehydes is 1. The van der Waals surface area contributed by atoms with E-state index in [1.54, 1.807) is 6.08 Å². The highest BCUT2D eigenvalue weighted by molar-refractivity contribution is 5.95. The second-order valence-electron chi connectivity index (χ2n) is 3.18. The van der Waals surface area contributed by atoms with Crippen molar-refractivity contribution < 1.29 is 19.4 Å². The van der Waals surface area contributed by atoms with Gasteiger partial charge in [-0.05, 0) is 24.1 Å². The maximum atomic E-state index is 11.3. The average Bonchev–Trinajstić information content (AvgIpc) is 2.31. The number of esters is 1. The fraction of sp³-hybridized carbons (Fsp3) is 0.167. The first-order valence-electron chi connectivity index (χ1n) is 4.64. The predicted octanol–water partition coefficient (Wildman–Crippen LogP) is 1.72. The first-order chi connectivity index (χ1) is 7.63. The van der Waals surface area contributed by atoms with Gasteiger partial charge < -0.3 is 9.84 Å². The number of benzene rings is 1. The zero-order valence-corrected chi connectivity index (χ0v) is 8.90. The third-order valence-electron chi connectivity index (χ3n) is 2.12. The molecule has 0 unspecified atom stereocenters. The molecule has 0 amide bonds. The number of hydrogen-bond acceptors (Lipinski definition) is 4. The first kappa shape index (κ1) is 12.0. The fourth-order valence-electron chi connectivity index (χ4n) is 1.36. The molecule has 16 heavy (non-hydrogen) atoms. The largest absolute Gasteiger partial charge is 0.507 e. The van der Waals surface area contributed by atoms with E-state index in [0.29, 0.717) is 23.8 Å². The van der Waals surface area contributed by atoms with Crippen LogP contribution in [0.2, 0.25) is 0 Å². The van der Waals surface area contributed by atoms with E-state index in [2.05, 4.69) is 11.3 Å². The number of hydrogen-bond donors (Lipinski definition) is 1. The lowest BCUT2D eigenvalue weighted by atomic mass is 10.0. The first-order valence-corrected chi connectivity index (χ1v) is 4.64. The Balaban J connectivity index is 3.35. The predicted molar refractivity (Wildman–Crippen MR) is 58.7 cm³/mol. The third-order valence-corrected chi connectivity index (χ3v) is 2.12. The van der Waals surface area contributed by atoms with Gasteiger partial charge in [0.15, 0.2) is 0 Å². The molecule has 0 radical (unpaired) electrons. The molecule has 0 spiro atoms. The highest BCUT2D eigenvalue weighted by Gasteiger charge is 2.15. The Labute approximate surface area is 93.2 Å². The van der Waals surface area contributed by atoms with E-state index >= 15 is 0 Å². The van der Waals surface area contributed by atoms with Crippen molar-refractivity contribution in [2.75, 3.05) is 7.11 Å². The highest BCUT2D eigenvalue weighted by atomic mass is 16.5. The van der Waals surface area contributed by atoms with Gasteiger partial charge in [-0.15, -0.1) is 6.58 Å². The quantitative estimate of drug-likeness (QED) is 0.476. The van der Waals surface area contributed by atoms with Crippen molar-refractivity contribution in [3.63, 3.8) is 0 Å². The van der Waals surface area contributed by atoms with Crippen molar-refractivity contribution in [1.29, 1.82) is 0 Å². The van der Waals surface area contributed by atoms with Crippen LogP contribution in [-0.4, -0.2) is 24.5 Å². The minimum Gasteiger partial charge on any atom is -0.507 e. The van der Waals surface area contributed by atoms with Crippen LogP contribution in [0, 0.1) is 0 Å². The van der Waals surface area contributed by atoms with Crippen LogP contribution in [0.25, 0.3) is 0 Å². The minimum atomic E-state index is -0.675. The number of methoxy groups -OCH3 is 1. The molecule has 0 atom stereocenters. The normalized spacial score (nSPS) is 9.56. The van der Waals surface area contributed by atoms with Crippen LogP contribution >= 0.6 is 0 Å². The SMILES string of the molecule is C=CCc1cc(C=O)cc(C(=O)OC)c1O. The molecule has 0 saturated heterocycles. The van der Waals surface area contributed by atoms with Crippen LogP contribution in [0.15, 0.2) is 24.8 Å². The van der Waals surface area contributed by atoms with Gasteiger partial charge in [0.25, 0.3) is 0 Å². The van der Waals surface area contributed by atoms with Gasteiger partial charge in [0, 0.05) is 5.56 Å². The van der Waals surface area contributed by atoms with E-state index in [1.807, 2.05) is 0 Å². The smallest absolute Gasteiger partial charge is 0.341 e. The number of aromatic hydroxyl groups is 1. The summed E-state index contributed by atoms with van der Waals surface area (Å²) in [6.45, 7) is 3.53. The Hall–Kier alpha value is -2.10. The van der Waals surface area contributed by atoms with Gasteiger partial charge in [-0.3, -0.25) is 4.79 Å². The Morgan fingerprint density at radius 3 is 2.75 bits per heavy atom. The van der Waals surface area contributed by atoms with E-state index < -0.39 is 5.97 Å². The van der Waals surface area contributed by atoms with Gasteiger partial charge in [-0.2, -0.15) is 0 Å². The maximum absolute atomic E-state index is 11.3. The Bertz CT molecular complexity index is 435. The van der Waals surface area contributed by atoms with Crippen molar-refractivity contribution >= 4 is 12.3 Å². The van der Waals surface area contributed by atoms with Crippen LogP contribution < -0.4 is 0 Å². The van der Waals surface area contributed by atoms with Gasteiger partial charge in [-0.1, -0.05) is 6.08 Å². The summed E-state index contributed by atoms with van der Waals surface area (Å²) in [6, 6.07) is 2.80. The van der Waals surface area contributed by atoms with Crippen molar-refractivity contribution in [2.45, 2.75) is 6.42 Å². The van der Waals surface area contributed by atoms with Crippen molar-refractivity contribution in [3.8, 4) is 5.75 Å². The summed E-state index contributed by atoms with van der Waals surface area (Å²) in [7, 11) is 1.21. The lowest BCUT2D eigenvalue weighted by molar-refractivity contribution is 0.0597. The van der Waals surface area contributed by atoms with Gasteiger partial charge in [0.05, 0.1) is 7.11 Å². The minimum absolute atomic E-state index is 0.0102. The molecule has 1 rings (SSSR count). The van der Waals surface area contributed by atoms with Gasteiger partial charge in [-0.25, -0.2) is 4.79 Å². The monoisotopic (exact) mass is 220 g/mol. The van der Waals surface area contributed by atoms with Crippen LogP contribution in [0.5, 0.6) is 5.75 Å². The van der Waals surface area contributed by atoms with E-state index in [1.165, 1.54) is 19.2 Å². The lowest BCUT2D eigenvalue weighted by Gasteiger charge is -2.08. The Morgan fingerprint density at radius 2 is 2.25 bits per heavy atom. The summed E-state index contributed by atoms with van der Waals surface area (Å²) in [5, 5.41) is 9.78. The van der Waals surface area contributed by atoms with E-state index in [4.69, 9.17) is 0 Å². The summed E-state index contributed by atoms with van der Waals surface area (Å²) < 4.78 is 4.51.